The molecule has 0 amide bonds. The summed E-state index contributed by atoms with van der Waals surface area (Å²) in [5.41, 5.74) is 0.623. The van der Waals surface area contributed by atoms with Crippen LogP contribution in [0.15, 0.2) is 24.3 Å². The molecule has 2 aliphatic rings. The van der Waals surface area contributed by atoms with Crippen LogP contribution in [0.4, 0.5) is 0 Å². The normalized spacial score (nSPS) is 29.8. The lowest BCUT2D eigenvalue weighted by atomic mass is 9.55. The van der Waals surface area contributed by atoms with Crippen molar-refractivity contribution in [2.75, 3.05) is 0 Å². The van der Waals surface area contributed by atoms with Gasteiger partial charge in [-0.05, 0) is 113 Å². The van der Waals surface area contributed by atoms with Crippen molar-refractivity contribution in [1.82, 2.24) is 0 Å². The first kappa shape index (κ1) is 25.7. The van der Waals surface area contributed by atoms with E-state index in [1.165, 1.54) is 19.3 Å². The van der Waals surface area contributed by atoms with Crippen LogP contribution in [0, 0.1) is 35.0 Å². The smallest absolute Gasteiger partial charge is 0.0840 e. The van der Waals surface area contributed by atoms with Crippen LogP contribution in [0.3, 0.4) is 0 Å². The molecule has 2 fully saturated rings. The zero-order valence-electron chi connectivity index (χ0n) is 22.0. The van der Waals surface area contributed by atoms with Gasteiger partial charge in [-0.2, -0.15) is 0 Å². The molecule has 0 spiro atoms. The van der Waals surface area contributed by atoms with Gasteiger partial charge in [-0.1, -0.05) is 45.0 Å². The fraction of sp³-hybridized carbons (Fsp3) is 0.793. The van der Waals surface area contributed by atoms with E-state index in [0.29, 0.717) is 41.6 Å². The summed E-state index contributed by atoms with van der Waals surface area (Å²) in [6.07, 6.45) is 4.77. The third-order valence-electron chi connectivity index (χ3n) is 8.72. The van der Waals surface area contributed by atoms with Crippen LogP contribution in [0.25, 0.3) is 0 Å². The molecule has 0 radical (unpaired) electrons. The highest BCUT2D eigenvalue weighted by molar-refractivity contribution is 5.26. The van der Waals surface area contributed by atoms with Gasteiger partial charge < -0.3 is 14.9 Å². The van der Waals surface area contributed by atoms with E-state index in [0.717, 1.165) is 17.5 Å². The quantitative estimate of drug-likeness (QED) is 0.513. The van der Waals surface area contributed by atoms with Crippen molar-refractivity contribution in [2.45, 2.75) is 111 Å². The first-order valence-electron chi connectivity index (χ1n) is 12.7. The molecule has 1 aromatic carbocycles. The summed E-state index contributed by atoms with van der Waals surface area (Å²) >= 11 is 0. The Morgan fingerprint density at radius 1 is 0.750 bits per heavy atom. The van der Waals surface area contributed by atoms with Crippen molar-refractivity contribution in [3.05, 3.63) is 35.4 Å². The van der Waals surface area contributed by atoms with Gasteiger partial charge in [0.15, 0.2) is 0 Å². The number of fused-ring (bicyclic) bond motifs is 1. The van der Waals surface area contributed by atoms with Gasteiger partial charge in [-0.3, -0.25) is 0 Å². The lowest BCUT2D eigenvalue weighted by Gasteiger charge is -2.52. The van der Waals surface area contributed by atoms with E-state index >= 15 is 0 Å². The predicted molar refractivity (Wildman–Crippen MR) is 132 cm³/mol. The Bertz CT molecular complexity index is 758. The van der Waals surface area contributed by atoms with E-state index in [1.54, 1.807) is 0 Å². The molecule has 0 bridgehead atoms. The van der Waals surface area contributed by atoms with E-state index in [1.807, 2.05) is 39.8 Å². The number of aliphatic hydroxyl groups is 2. The number of hydrogen-bond acceptors (Lipinski definition) is 3. The summed E-state index contributed by atoms with van der Waals surface area (Å²) in [6, 6.07) is 8.13. The molecule has 3 rings (SSSR count). The molecule has 2 N–H and O–H groups in total. The topological polar surface area (TPSA) is 49.7 Å². The molecule has 2 aliphatic carbocycles. The minimum Gasteiger partial charge on any atom is -0.390 e. The van der Waals surface area contributed by atoms with Crippen molar-refractivity contribution >= 4 is 0 Å². The van der Waals surface area contributed by atoms with Crippen LogP contribution in [0.5, 0.6) is 0 Å². The number of benzene rings is 1. The molecular formula is C29H48O3. The third kappa shape index (κ3) is 5.42. The van der Waals surface area contributed by atoms with Gasteiger partial charge in [0.2, 0.25) is 0 Å². The van der Waals surface area contributed by atoms with Crippen LogP contribution >= 0.6 is 0 Å². The molecule has 3 nitrogen and oxygen atoms in total. The van der Waals surface area contributed by atoms with Crippen LogP contribution in [-0.4, -0.2) is 21.4 Å². The van der Waals surface area contributed by atoms with Crippen LogP contribution in [-0.2, 0) is 16.9 Å². The Labute approximate surface area is 197 Å². The molecular weight excluding hydrogens is 396 g/mol. The third-order valence-corrected chi connectivity index (χ3v) is 8.72. The predicted octanol–water partition coefficient (Wildman–Crippen LogP) is 6.69. The maximum absolute atomic E-state index is 11.1. The summed E-state index contributed by atoms with van der Waals surface area (Å²) in [7, 11) is 0. The molecule has 5 atom stereocenters. The van der Waals surface area contributed by atoms with Gasteiger partial charge in [-0.15, -0.1) is 0 Å². The first-order valence-corrected chi connectivity index (χ1v) is 12.7. The SMILES string of the molecule is CC(C)(O)c1ccc(COC(C)(C)C2CCC(C(C)(C)C)C3CCC(C(C)(C)O)C32)cc1. The molecule has 1 aromatic rings. The number of rotatable bonds is 6. The summed E-state index contributed by atoms with van der Waals surface area (Å²) in [5.74, 6) is 2.65. The lowest BCUT2D eigenvalue weighted by Crippen LogP contribution is -2.51. The first-order chi connectivity index (χ1) is 14.5. The zero-order chi connectivity index (χ0) is 24.1. The maximum Gasteiger partial charge on any atom is 0.0840 e. The second-order valence-corrected chi connectivity index (χ2v) is 13.4. The Hall–Kier alpha value is -0.900. The van der Waals surface area contributed by atoms with Gasteiger partial charge in [0.1, 0.15) is 0 Å². The summed E-state index contributed by atoms with van der Waals surface area (Å²) < 4.78 is 6.63. The van der Waals surface area contributed by atoms with Crippen molar-refractivity contribution in [1.29, 1.82) is 0 Å². The van der Waals surface area contributed by atoms with Gasteiger partial charge in [-0.25, -0.2) is 0 Å². The standard InChI is InChI=1S/C29H48O3/c1-26(2,3)22-16-17-24(25-21(22)14-15-23(25)28(6,7)31)29(8,9)32-18-19-10-12-20(13-11-19)27(4,5)30/h10-13,21-25,30-31H,14-18H2,1-9H3. The molecule has 0 saturated heterocycles. The van der Waals surface area contributed by atoms with E-state index in [2.05, 4.69) is 46.8 Å². The summed E-state index contributed by atoms with van der Waals surface area (Å²) in [5, 5.41) is 21.3. The molecule has 2 saturated carbocycles. The molecule has 0 aliphatic heterocycles. The van der Waals surface area contributed by atoms with Crippen molar-refractivity contribution in [3.63, 3.8) is 0 Å². The van der Waals surface area contributed by atoms with Crippen molar-refractivity contribution in [2.24, 2.45) is 35.0 Å². The van der Waals surface area contributed by atoms with E-state index in [4.69, 9.17) is 4.74 Å². The Morgan fingerprint density at radius 2 is 1.28 bits per heavy atom. The molecule has 0 heterocycles. The van der Waals surface area contributed by atoms with Crippen LogP contribution in [0.2, 0.25) is 0 Å². The zero-order valence-corrected chi connectivity index (χ0v) is 22.0. The summed E-state index contributed by atoms with van der Waals surface area (Å²) in [4.78, 5) is 0. The maximum atomic E-state index is 11.1. The number of ether oxygens (including phenoxy) is 1. The highest BCUT2D eigenvalue weighted by Gasteiger charge is 2.56. The van der Waals surface area contributed by atoms with E-state index < -0.39 is 11.2 Å². The largest absolute Gasteiger partial charge is 0.390 e. The average Bonchev–Trinajstić information content (AvgIpc) is 3.09. The second-order valence-electron chi connectivity index (χ2n) is 13.4. The lowest BCUT2D eigenvalue weighted by molar-refractivity contribution is -0.140. The molecule has 3 heteroatoms. The highest BCUT2D eigenvalue weighted by atomic mass is 16.5. The van der Waals surface area contributed by atoms with Crippen molar-refractivity contribution < 1.29 is 14.9 Å². The fourth-order valence-corrected chi connectivity index (χ4v) is 6.96. The minimum absolute atomic E-state index is 0.255. The van der Waals surface area contributed by atoms with Crippen molar-refractivity contribution in [3.8, 4) is 0 Å². The Balaban J connectivity index is 1.79. The average molecular weight is 445 g/mol. The molecule has 182 valence electrons. The van der Waals surface area contributed by atoms with Crippen LogP contribution in [0.1, 0.15) is 99.1 Å². The highest BCUT2D eigenvalue weighted by Crippen LogP contribution is 2.60. The van der Waals surface area contributed by atoms with Gasteiger partial charge >= 0.3 is 0 Å². The van der Waals surface area contributed by atoms with Gasteiger partial charge in [0.25, 0.3) is 0 Å². The number of hydrogen-bond donors (Lipinski definition) is 2. The van der Waals surface area contributed by atoms with Gasteiger partial charge in [0, 0.05) is 0 Å². The molecule has 32 heavy (non-hydrogen) atoms. The molecule has 0 aromatic heterocycles. The van der Waals surface area contributed by atoms with E-state index in [-0.39, 0.29) is 5.60 Å². The Kier molecular flexibility index (Phi) is 7.00. The monoisotopic (exact) mass is 444 g/mol. The second kappa shape index (κ2) is 8.71. The van der Waals surface area contributed by atoms with Gasteiger partial charge in [0.05, 0.1) is 23.4 Å². The van der Waals surface area contributed by atoms with Crippen LogP contribution < -0.4 is 0 Å². The summed E-state index contributed by atoms with van der Waals surface area (Å²) in [6.45, 7) is 19.9. The Morgan fingerprint density at radius 3 is 1.78 bits per heavy atom. The minimum atomic E-state index is -0.825. The molecule has 5 unspecified atom stereocenters. The fourth-order valence-electron chi connectivity index (χ4n) is 6.96. The van der Waals surface area contributed by atoms with E-state index in [9.17, 15) is 10.2 Å².